The number of aliphatic hydroxyl groups excluding tert-OH is 1. The van der Waals surface area contributed by atoms with Gasteiger partial charge in [0.15, 0.2) is 0 Å². The molecule has 0 aromatic carbocycles. The molecule has 0 radical (unpaired) electrons. The minimum atomic E-state index is -0.254. The minimum Gasteiger partial charge on any atom is -0.392 e. The summed E-state index contributed by atoms with van der Waals surface area (Å²) in [5.41, 5.74) is 0.317. The zero-order chi connectivity index (χ0) is 12.7. The molecule has 2 N–H and O–H groups in total. The Labute approximate surface area is 105 Å². The fourth-order valence-corrected chi connectivity index (χ4v) is 2.67. The molecule has 1 rings (SSSR count). The van der Waals surface area contributed by atoms with Crippen molar-refractivity contribution in [3.8, 4) is 0 Å². The van der Waals surface area contributed by atoms with Crippen molar-refractivity contribution in [2.75, 3.05) is 46.4 Å². The molecule has 1 fully saturated rings. The van der Waals surface area contributed by atoms with Crippen LogP contribution < -0.4 is 5.32 Å². The van der Waals surface area contributed by atoms with Crippen molar-refractivity contribution in [3.63, 3.8) is 0 Å². The summed E-state index contributed by atoms with van der Waals surface area (Å²) in [6.07, 6.45) is 1.98. The first kappa shape index (κ1) is 14.9. The molecular weight excluding hydrogens is 216 g/mol. The van der Waals surface area contributed by atoms with Crippen LogP contribution in [0.1, 0.15) is 26.7 Å². The fourth-order valence-electron chi connectivity index (χ4n) is 2.67. The largest absolute Gasteiger partial charge is 0.392 e. The van der Waals surface area contributed by atoms with Crippen LogP contribution >= 0.6 is 0 Å². The topological polar surface area (TPSA) is 44.7 Å². The van der Waals surface area contributed by atoms with E-state index in [1.807, 2.05) is 6.92 Å². The lowest BCUT2D eigenvalue weighted by Gasteiger charge is -2.40. The Morgan fingerprint density at radius 3 is 2.59 bits per heavy atom. The van der Waals surface area contributed by atoms with E-state index in [4.69, 9.17) is 4.74 Å². The van der Waals surface area contributed by atoms with Crippen molar-refractivity contribution >= 4 is 0 Å². The zero-order valence-corrected chi connectivity index (χ0v) is 11.5. The highest BCUT2D eigenvalue weighted by atomic mass is 16.5. The number of rotatable bonds is 7. The first-order valence-electron chi connectivity index (χ1n) is 6.73. The van der Waals surface area contributed by atoms with Crippen LogP contribution in [0.25, 0.3) is 0 Å². The van der Waals surface area contributed by atoms with Gasteiger partial charge in [-0.2, -0.15) is 0 Å². The third kappa shape index (κ3) is 5.34. The van der Waals surface area contributed by atoms with E-state index >= 15 is 0 Å². The SMILES string of the molecule is CCNCC1(CN(C)CC(C)O)CCOCC1. The lowest BCUT2D eigenvalue weighted by molar-refractivity contribution is -0.00525. The van der Waals surface area contributed by atoms with E-state index in [1.165, 1.54) is 0 Å². The molecule has 1 heterocycles. The Balaban J connectivity index is 2.49. The Bertz CT molecular complexity index is 204. The van der Waals surface area contributed by atoms with Gasteiger partial charge < -0.3 is 20.1 Å². The number of hydrogen-bond donors (Lipinski definition) is 2. The molecule has 0 amide bonds. The van der Waals surface area contributed by atoms with E-state index in [0.717, 1.165) is 52.2 Å². The van der Waals surface area contributed by atoms with Gasteiger partial charge in [0.05, 0.1) is 6.10 Å². The summed E-state index contributed by atoms with van der Waals surface area (Å²) >= 11 is 0. The van der Waals surface area contributed by atoms with E-state index in [2.05, 4.69) is 24.2 Å². The first-order valence-corrected chi connectivity index (χ1v) is 6.73. The van der Waals surface area contributed by atoms with Crippen molar-refractivity contribution in [1.29, 1.82) is 0 Å². The normalized spacial score (nSPS) is 21.7. The molecule has 4 nitrogen and oxygen atoms in total. The second-order valence-electron chi connectivity index (χ2n) is 5.44. The highest BCUT2D eigenvalue weighted by Crippen LogP contribution is 2.30. The first-order chi connectivity index (χ1) is 8.08. The van der Waals surface area contributed by atoms with Gasteiger partial charge in [0.25, 0.3) is 0 Å². The Kier molecular flexibility index (Phi) is 6.41. The quantitative estimate of drug-likeness (QED) is 0.692. The van der Waals surface area contributed by atoms with Crippen LogP contribution in [0.3, 0.4) is 0 Å². The molecule has 0 aliphatic carbocycles. The van der Waals surface area contributed by atoms with E-state index < -0.39 is 0 Å². The van der Waals surface area contributed by atoms with E-state index in [1.54, 1.807) is 0 Å². The second kappa shape index (κ2) is 7.31. The van der Waals surface area contributed by atoms with E-state index in [0.29, 0.717) is 5.41 Å². The maximum Gasteiger partial charge on any atom is 0.0638 e. The summed E-state index contributed by atoms with van der Waals surface area (Å²) in [5, 5.41) is 12.9. The van der Waals surface area contributed by atoms with Crippen molar-refractivity contribution in [2.45, 2.75) is 32.8 Å². The van der Waals surface area contributed by atoms with Crippen LogP contribution in [0.2, 0.25) is 0 Å². The Hall–Kier alpha value is -0.160. The van der Waals surface area contributed by atoms with Crippen LogP contribution in [-0.4, -0.2) is 62.6 Å². The molecule has 0 saturated carbocycles. The molecule has 17 heavy (non-hydrogen) atoms. The van der Waals surface area contributed by atoms with Gasteiger partial charge in [-0.1, -0.05) is 6.92 Å². The molecule has 1 aliphatic rings. The molecule has 1 unspecified atom stereocenters. The predicted molar refractivity (Wildman–Crippen MR) is 70.2 cm³/mol. The highest BCUT2D eigenvalue weighted by Gasteiger charge is 2.33. The maximum absolute atomic E-state index is 9.43. The maximum atomic E-state index is 9.43. The number of aliphatic hydroxyl groups is 1. The van der Waals surface area contributed by atoms with Gasteiger partial charge in [0.1, 0.15) is 0 Å². The number of nitrogens with one attached hydrogen (secondary N) is 1. The monoisotopic (exact) mass is 244 g/mol. The summed E-state index contributed by atoms with van der Waals surface area (Å²) < 4.78 is 5.47. The molecule has 1 aliphatic heterocycles. The van der Waals surface area contributed by atoms with Gasteiger partial charge in [-0.25, -0.2) is 0 Å². The molecule has 0 aromatic heterocycles. The number of hydrogen-bond acceptors (Lipinski definition) is 4. The van der Waals surface area contributed by atoms with Gasteiger partial charge in [-0.15, -0.1) is 0 Å². The number of ether oxygens (including phenoxy) is 1. The highest BCUT2D eigenvalue weighted by molar-refractivity contribution is 4.86. The van der Waals surface area contributed by atoms with Gasteiger partial charge in [0.2, 0.25) is 0 Å². The molecule has 102 valence electrons. The van der Waals surface area contributed by atoms with Crippen LogP contribution in [0.15, 0.2) is 0 Å². The average Bonchev–Trinajstić information content (AvgIpc) is 2.26. The van der Waals surface area contributed by atoms with Crippen LogP contribution in [0.5, 0.6) is 0 Å². The number of likely N-dealkylation sites (N-methyl/N-ethyl adjacent to an activating group) is 1. The molecular formula is C13H28N2O2. The molecule has 1 atom stereocenters. The third-order valence-electron chi connectivity index (χ3n) is 3.48. The Morgan fingerprint density at radius 2 is 2.06 bits per heavy atom. The van der Waals surface area contributed by atoms with Crippen molar-refractivity contribution < 1.29 is 9.84 Å². The third-order valence-corrected chi connectivity index (χ3v) is 3.48. The summed E-state index contributed by atoms with van der Waals surface area (Å²) in [7, 11) is 2.09. The van der Waals surface area contributed by atoms with Crippen LogP contribution in [-0.2, 0) is 4.74 Å². The molecule has 1 saturated heterocycles. The van der Waals surface area contributed by atoms with Gasteiger partial charge >= 0.3 is 0 Å². The van der Waals surface area contributed by atoms with Gasteiger partial charge in [-0.05, 0) is 38.8 Å². The van der Waals surface area contributed by atoms with Gasteiger partial charge in [0, 0.05) is 32.8 Å². The minimum absolute atomic E-state index is 0.254. The summed E-state index contributed by atoms with van der Waals surface area (Å²) in [6, 6.07) is 0. The molecule has 0 aromatic rings. The fraction of sp³-hybridized carbons (Fsp3) is 1.00. The van der Waals surface area contributed by atoms with Crippen molar-refractivity contribution in [2.24, 2.45) is 5.41 Å². The lowest BCUT2D eigenvalue weighted by atomic mass is 9.79. The molecule has 0 bridgehead atoms. The summed E-state index contributed by atoms with van der Waals surface area (Å²) in [6.45, 7) is 9.58. The van der Waals surface area contributed by atoms with E-state index in [-0.39, 0.29) is 6.10 Å². The van der Waals surface area contributed by atoms with Crippen molar-refractivity contribution in [3.05, 3.63) is 0 Å². The second-order valence-corrected chi connectivity index (χ2v) is 5.44. The van der Waals surface area contributed by atoms with E-state index in [9.17, 15) is 5.11 Å². The standard InChI is InChI=1S/C13H28N2O2/c1-4-14-10-13(5-7-17-8-6-13)11-15(3)9-12(2)16/h12,14,16H,4-11H2,1-3H3. The molecule has 4 heteroatoms. The summed E-state index contributed by atoms with van der Waals surface area (Å²) in [4.78, 5) is 2.24. The molecule has 0 spiro atoms. The Morgan fingerprint density at radius 1 is 1.41 bits per heavy atom. The zero-order valence-electron chi connectivity index (χ0n) is 11.5. The smallest absolute Gasteiger partial charge is 0.0638 e. The number of nitrogens with zero attached hydrogens (tertiary/aromatic N) is 1. The average molecular weight is 244 g/mol. The summed E-state index contributed by atoms with van der Waals surface area (Å²) in [5.74, 6) is 0. The van der Waals surface area contributed by atoms with Crippen LogP contribution in [0.4, 0.5) is 0 Å². The predicted octanol–water partition coefficient (Wildman–Crippen LogP) is 0.705. The van der Waals surface area contributed by atoms with Gasteiger partial charge in [-0.3, -0.25) is 0 Å². The van der Waals surface area contributed by atoms with Crippen LogP contribution in [0, 0.1) is 5.41 Å². The lowest BCUT2D eigenvalue weighted by Crippen LogP contribution is -2.47. The van der Waals surface area contributed by atoms with Crippen molar-refractivity contribution in [1.82, 2.24) is 10.2 Å².